The third kappa shape index (κ3) is 2.41. The predicted molar refractivity (Wildman–Crippen MR) is 65.6 cm³/mol. The van der Waals surface area contributed by atoms with Crippen LogP contribution in [0.4, 0.5) is 11.6 Å². The minimum Gasteiger partial charge on any atom is -0.373 e. The van der Waals surface area contributed by atoms with E-state index in [1.807, 2.05) is 13.1 Å². The van der Waals surface area contributed by atoms with E-state index in [4.69, 9.17) is 5.73 Å². The van der Waals surface area contributed by atoms with Crippen molar-refractivity contribution in [3.05, 3.63) is 12.4 Å². The Balaban J connectivity index is 2.02. The monoisotopic (exact) mass is 221 g/mol. The quantitative estimate of drug-likeness (QED) is 0.783. The molecule has 0 radical (unpaired) electrons. The number of anilines is 2. The number of nitrogens with zero attached hydrogens (tertiary/aromatic N) is 3. The van der Waals surface area contributed by atoms with Gasteiger partial charge in [0.15, 0.2) is 0 Å². The van der Waals surface area contributed by atoms with Gasteiger partial charge in [-0.05, 0) is 25.3 Å². The molecule has 2 heterocycles. The summed E-state index contributed by atoms with van der Waals surface area (Å²) in [6.45, 7) is 2.92. The summed E-state index contributed by atoms with van der Waals surface area (Å²) >= 11 is 0. The first kappa shape index (κ1) is 11.1. The number of hydrogen-bond acceptors (Lipinski definition) is 5. The lowest BCUT2D eigenvalue weighted by molar-refractivity contribution is 0.546. The standard InChI is InChI=1S/C11H19N5/c1-13-10-6-11(15-8-14-10)16-5-3-9(7-16)2-4-12/h6,8-9H,2-5,7,12H2,1H3,(H,13,14,15). The van der Waals surface area contributed by atoms with Crippen molar-refractivity contribution in [2.75, 3.05) is 36.9 Å². The van der Waals surface area contributed by atoms with Crippen molar-refractivity contribution in [2.24, 2.45) is 11.7 Å². The minimum atomic E-state index is 0.720. The maximum atomic E-state index is 5.58. The van der Waals surface area contributed by atoms with Gasteiger partial charge in [0, 0.05) is 26.2 Å². The average Bonchev–Trinajstić information content (AvgIpc) is 2.78. The molecule has 1 fully saturated rings. The normalized spacial score (nSPS) is 20.1. The molecule has 88 valence electrons. The summed E-state index contributed by atoms with van der Waals surface area (Å²) in [7, 11) is 1.87. The van der Waals surface area contributed by atoms with Crippen LogP contribution in [0.3, 0.4) is 0 Å². The van der Waals surface area contributed by atoms with Gasteiger partial charge < -0.3 is 16.0 Å². The van der Waals surface area contributed by atoms with Crippen LogP contribution in [0.25, 0.3) is 0 Å². The third-order valence-corrected chi connectivity index (χ3v) is 3.09. The fraction of sp³-hybridized carbons (Fsp3) is 0.636. The summed E-state index contributed by atoms with van der Waals surface area (Å²) in [4.78, 5) is 10.7. The summed E-state index contributed by atoms with van der Waals surface area (Å²) in [6.07, 6.45) is 3.94. The first-order valence-electron chi connectivity index (χ1n) is 5.78. The van der Waals surface area contributed by atoms with Crippen molar-refractivity contribution in [3.8, 4) is 0 Å². The molecule has 1 aromatic heterocycles. The van der Waals surface area contributed by atoms with Gasteiger partial charge in [-0.15, -0.1) is 0 Å². The van der Waals surface area contributed by atoms with Crippen molar-refractivity contribution < 1.29 is 0 Å². The summed E-state index contributed by atoms with van der Waals surface area (Å²) in [5, 5.41) is 3.03. The molecule has 1 aliphatic rings. The molecule has 5 nitrogen and oxygen atoms in total. The molecule has 5 heteroatoms. The second-order valence-corrected chi connectivity index (χ2v) is 4.19. The Morgan fingerprint density at radius 1 is 1.56 bits per heavy atom. The fourth-order valence-electron chi connectivity index (χ4n) is 2.17. The number of rotatable bonds is 4. The first-order chi connectivity index (χ1) is 7.83. The van der Waals surface area contributed by atoms with Crippen molar-refractivity contribution in [1.29, 1.82) is 0 Å². The van der Waals surface area contributed by atoms with Crippen LogP contribution >= 0.6 is 0 Å². The minimum absolute atomic E-state index is 0.720. The Labute approximate surface area is 96.1 Å². The van der Waals surface area contributed by atoms with E-state index in [0.717, 1.165) is 43.6 Å². The van der Waals surface area contributed by atoms with Crippen LogP contribution in [0.5, 0.6) is 0 Å². The largest absolute Gasteiger partial charge is 0.373 e. The maximum absolute atomic E-state index is 5.58. The molecule has 1 atom stereocenters. The highest BCUT2D eigenvalue weighted by molar-refractivity contribution is 5.48. The molecule has 1 unspecified atom stereocenters. The molecule has 2 rings (SSSR count). The maximum Gasteiger partial charge on any atom is 0.134 e. The van der Waals surface area contributed by atoms with Gasteiger partial charge in [-0.2, -0.15) is 0 Å². The Kier molecular flexibility index (Phi) is 3.56. The Morgan fingerprint density at radius 2 is 2.44 bits per heavy atom. The molecular formula is C11H19N5. The number of hydrogen-bond donors (Lipinski definition) is 2. The van der Waals surface area contributed by atoms with Gasteiger partial charge in [-0.25, -0.2) is 9.97 Å². The van der Waals surface area contributed by atoms with Crippen molar-refractivity contribution >= 4 is 11.6 Å². The summed E-state index contributed by atoms with van der Waals surface area (Å²) in [5.41, 5.74) is 5.58. The number of aromatic nitrogens is 2. The summed E-state index contributed by atoms with van der Waals surface area (Å²) in [5.74, 6) is 2.60. The molecule has 1 aromatic rings. The average molecular weight is 221 g/mol. The van der Waals surface area contributed by atoms with Gasteiger partial charge in [0.05, 0.1) is 0 Å². The van der Waals surface area contributed by atoms with Gasteiger partial charge in [-0.3, -0.25) is 0 Å². The lowest BCUT2D eigenvalue weighted by atomic mass is 10.1. The van der Waals surface area contributed by atoms with Gasteiger partial charge in [0.25, 0.3) is 0 Å². The van der Waals surface area contributed by atoms with E-state index in [9.17, 15) is 0 Å². The first-order valence-corrected chi connectivity index (χ1v) is 5.78. The third-order valence-electron chi connectivity index (χ3n) is 3.09. The molecule has 0 amide bonds. The molecule has 0 saturated carbocycles. The van der Waals surface area contributed by atoms with E-state index in [-0.39, 0.29) is 0 Å². The zero-order valence-electron chi connectivity index (χ0n) is 9.69. The molecule has 0 bridgehead atoms. The number of nitrogens with one attached hydrogen (secondary N) is 1. The van der Waals surface area contributed by atoms with Crippen molar-refractivity contribution in [2.45, 2.75) is 12.8 Å². The SMILES string of the molecule is CNc1cc(N2CCC(CCN)C2)ncn1. The van der Waals surface area contributed by atoms with Crippen LogP contribution in [-0.4, -0.2) is 36.6 Å². The Hall–Kier alpha value is -1.36. The van der Waals surface area contributed by atoms with E-state index >= 15 is 0 Å². The van der Waals surface area contributed by atoms with Crippen molar-refractivity contribution in [3.63, 3.8) is 0 Å². The highest BCUT2D eigenvalue weighted by Crippen LogP contribution is 2.24. The fourth-order valence-corrected chi connectivity index (χ4v) is 2.17. The zero-order valence-corrected chi connectivity index (χ0v) is 9.69. The van der Waals surface area contributed by atoms with Crippen LogP contribution in [0.15, 0.2) is 12.4 Å². The molecular weight excluding hydrogens is 202 g/mol. The van der Waals surface area contributed by atoms with E-state index < -0.39 is 0 Å². The Bertz CT molecular complexity index is 341. The second kappa shape index (κ2) is 5.12. The van der Waals surface area contributed by atoms with Gasteiger partial charge in [-0.1, -0.05) is 0 Å². The van der Waals surface area contributed by atoms with E-state index in [1.54, 1.807) is 6.33 Å². The number of nitrogens with two attached hydrogens (primary N) is 1. The van der Waals surface area contributed by atoms with E-state index in [0.29, 0.717) is 0 Å². The predicted octanol–water partition coefficient (Wildman–Crippen LogP) is 0.693. The van der Waals surface area contributed by atoms with Crippen LogP contribution in [-0.2, 0) is 0 Å². The second-order valence-electron chi connectivity index (χ2n) is 4.19. The molecule has 1 saturated heterocycles. The van der Waals surface area contributed by atoms with Gasteiger partial charge >= 0.3 is 0 Å². The van der Waals surface area contributed by atoms with Crippen molar-refractivity contribution in [1.82, 2.24) is 9.97 Å². The smallest absolute Gasteiger partial charge is 0.134 e. The van der Waals surface area contributed by atoms with Crippen LogP contribution in [0.1, 0.15) is 12.8 Å². The van der Waals surface area contributed by atoms with Crippen LogP contribution < -0.4 is 16.0 Å². The molecule has 3 N–H and O–H groups in total. The van der Waals surface area contributed by atoms with E-state index in [1.165, 1.54) is 6.42 Å². The topological polar surface area (TPSA) is 67.1 Å². The molecule has 0 spiro atoms. The summed E-state index contributed by atoms with van der Waals surface area (Å²) in [6, 6.07) is 1.99. The zero-order chi connectivity index (χ0) is 11.4. The van der Waals surface area contributed by atoms with Gasteiger partial charge in [0.2, 0.25) is 0 Å². The highest BCUT2D eigenvalue weighted by atomic mass is 15.2. The summed E-state index contributed by atoms with van der Waals surface area (Å²) < 4.78 is 0. The van der Waals surface area contributed by atoms with Crippen LogP contribution in [0, 0.1) is 5.92 Å². The lowest BCUT2D eigenvalue weighted by Gasteiger charge is -2.17. The molecule has 16 heavy (non-hydrogen) atoms. The Morgan fingerprint density at radius 3 is 3.19 bits per heavy atom. The lowest BCUT2D eigenvalue weighted by Crippen LogP contribution is -2.21. The highest BCUT2D eigenvalue weighted by Gasteiger charge is 2.22. The molecule has 0 aromatic carbocycles. The molecule has 0 aliphatic carbocycles. The van der Waals surface area contributed by atoms with E-state index in [2.05, 4.69) is 20.2 Å². The van der Waals surface area contributed by atoms with Gasteiger partial charge in [0.1, 0.15) is 18.0 Å². The molecule has 1 aliphatic heterocycles. The van der Waals surface area contributed by atoms with Crippen LogP contribution in [0.2, 0.25) is 0 Å².